The van der Waals surface area contributed by atoms with Crippen molar-refractivity contribution in [1.82, 2.24) is 14.9 Å². The van der Waals surface area contributed by atoms with Crippen LogP contribution >= 0.6 is 0 Å². The van der Waals surface area contributed by atoms with Gasteiger partial charge in [-0.1, -0.05) is 0 Å². The predicted octanol–water partition coefficient (Wildman–Crippen LogP) is 1.32. The van der Waals surface area contributed by atoms with Crippen molar-refractivity contribution < 1.29 is 18.1 Å². The number of nitro groups is 1. The lowest BCUT2D eigenvalue weighted by Gasteiger charge is -2.23. The maximum atomic E-state index is 12.4. The summed E-state index contributed by atoms with van der Waals surface area (Å²) in [5.74, 6) is -0.0448. The van der Waals surface area contributed by atoms with E-state index in [0.29, 0.717) is 31.9 Å². The predicted molar refractivity (Wildman–Crippen MR) is 115 cm³/mol. The fraction of sp³-hybridized carbons (Fsp3) is 0.632. The molecule has 0 atom stereocenters. The van der Waals surface area contributed by atoms with Crippen molar-refractivity contribution in [3.05, 3.63) is 28.3 Å². The fourth-order valence-electron chi connectivity index (χ4n) is 3.40. The van der Waals surface area contributed by atoms with Gasteiger partial charge in [0, 0.05) is 44.3 Å². The second kappa shape index (κ2) is 10.2. The van der Waals surface area contributed by atoms with Crippen molar-refractivity contribution >= 4 is 27.3 Å². The minimum atomic E-state index is -3.83. The smallest absolute Gasteiger partial charge is 0.293 e. The Morgan fingerprint density at radius 2 is 1.83 bits per heavy atom. The molecule has 30 heavy (non-hydrogen) atoms. The molecular weight excluding hydrogens is 410 g/mol. The Bertz CT molecular complexity index is 872. The number of nitro benzene ring substituents is 1. The van der Waals surface area contributed by atoms with Crippen LogP contribution in [0, 0.1) is 10.1 Å². The molecule has 0 spiro atoms. The normalized spacial score (nSPS) is 16.0. The summed E-state index contributed by atoms with van der Waals surface area (Å²) in [6.45, 7) is 9.84. The van der Waals surface area contributed by atoms with Crippen LogP contribution < -0.4 is 14.9 Å². The van der Waals surface area contributed by atoms with E-state index in [9.17, 15) is 23.3 Å². The lowest BCUT2D eigenvalue weighted by atomic mass is 10.2. The summed E-state index contributed by atoms with van der Waals surface area (Å²) < 4.78 is 27.2. The molecule has 168 valence electrons. The van der Waals surface area contributed by atoms with Crippen molar-refractivity contribution in [2.24, 2.45) is 0 Å². The highest BCUT2D eigenvalue weighted by Crippen LogP contribution is 2.31. The molecular formula is C19H31N5O5S. The Morgan fingerprint density at radius 1 is 1.13 bits per heavy atom. The number of benzene rings is 1. The van der Waals surface area contributed by atoms with Gasteiger partial charge in [-0.3, -0.25) is 19.8 Å². The van der Waals surface area contributed by atoms with Crippen molar-refractivity contribution in [2.45, 2.75) is 51.1 Å². The highest BCUT2D eigenvalue weighted by molar-refractivity contribution is 7.89. The first-order valence-corrected chi connectivity index (χ1v) is 11.6. The van der Waals surface area contributed by atoms with E-state index in [0.717, 1.165) is 12.5 Å². The number of rotatable bonds is 8. The van der Waals surface area contributed by atoms with Crippen molar-refractivity contribution in [1.29, 1.82) is 0 Å². The molecule has 1 aromatic rings. The molecule has 1 aromatic carbocycles. The molecule has 0 aliphatic carbocycles. The number of nitrogens with zero attached hydrogens (tertiary/aromatic N) is 3. The van der Waals surface area contributed by atoms with Gasteiger partial charge in [-0.2, -0.15) is 0 Å². The molecule has 1 saturated heterocycles. The summed E-state index contributed by atoms with van der Waals surface area (Å²) in [6.07, 6.45) is 0.737. The first kappa shape index (κ1) is 24.0. The number of sulfonamides is 1. The number of nitrogens with one attached hydrogen (secondary N) is 2. The molecule has 1 fully saturated rings. The van der Waals surface area contributed by atoms with Crippen LogP contribution in [-0.4, -0.2) is 69.0 Å². The van der Waals surface area contributed by atoms with E-state index < -0.39 is 14.9 Å². The van der Waals surface area contributed by atoms with Crippen LogP contribution in [0.25, 0.3) is 0 Å². The second-order valence-corrected chi connectivity index (χ2v) is 9.74. The Hall–Kier alpha value is -2.24. The van der Waals surface area contributed by atoms with Gasteiger partial charge in [-0.05, 0) is 46.2 Å². The highest BCUT2D eigenvalue weighted by atomic mass is 32.2. The molecule has 1 aliphatic rings. The quantitative estimate of drug-likeness (QED) is 0.460. The molecule has 0 saturated carbocycles. The molecule has 1 amide bonds. The molecule has 0 bridgehead atoms. The first-order valence-electron chi connectivity index (χ1n) is 10.1. The summed E-state index contributed by atoms with van der Waals surface area (Å²) >= 11 is 0. The average Bonchev–Trinajstić information content (AvgIpc) is 2.84. The average molecular weight is 442 g/mol. The van der Waals surface area contributed by atoms with E-state index in [2.05, 4.69) is 10.0 Å². The van der Waals surface area contributed by atoms with E-state index in [4.69, 9.17) is 0 Å². The Kier molecular flexibility index (Phi) is 8.16. The molecule has 2 rings (SSSR count). The monoisotopic (exact) mass is 441 g/mol. The summed E-state index contributed by atoms with van der Waals surface area (Å²) in [4.78, 5) is 26.9. The molecule has 1 heterocycles. The molecule has 0 radical (unpaired) electrons. The fourth-order valence-corrected chi connectivity index (χ4v) is 4.67. The van der Waals surface area contributed by atoms with Gasteiger partial charge in [0.05, 0.1) is 16.4 Å². The third-order valence-corrected chi connectivity index (χ3v) is 6.25. The topological polar surface area (TPSA) is 125 Å². The number of anilines is 1. The van der Waals surface area contributed by atoms with Crippen LogP contribution in [0.3, 0.4) is 0 Å². The van der Waals surface area contributed by atoms with Gasteiger partial charge in [0.25, 0.3) is 5.69 Å². The van der Waals surface area contributed by atoms with Crippen molar-refractivity contribution in [3.8, 4) is 0 Å². The zero-order valence-corrected chi connectivity index (χ0v) is 18.7. The largest absolute Gasteiger partial charge is 0.365 e. The summed E-state index contributed by atoms with van der Waals surface area (Å²) in [5, 5.41) is 14.5. The molecule has 1 aliphatic heterocycles. The van der Waals surface area contributed by atoms with Crippen LogP contribution in [0.2, 0.25) is 0 Å². The van der Waals surface area contributed by atoms with Gasteiger partial charge in [0.15, 0.2) is 0 Å². The van der Waals surface area contributed by atoms with Crippen LogP contribution in [0.1, 0.15) is 34.1 Å². The molecule has 11 heteroatoms. The zero-order chi connectivity index (χ0) is 22.5. The minimum absolute atomic E-state index is 0.0448. The van der Waals surface area contributed by atoms with E-state index in [1.54, 1.807) is 13.8 Å². The number of carbonyl (C=O) groups excluding carboxylic acids is 1. The summed E-state index contributed by atoms with van der Waals surface area (Å²) in [7, 11) is -3.83. The maximum absolute atomic E-state index is 12.4. The summed E-state index contributed by atoms with van der Waals surface area (Å²) in [6, 6.07) is 3.75. The first-order chi connectivity index (χ1) is 14.0. The van der Waals surface area contributed by atoms with Crippen molar-refractivity contribution in [2.75, 3.05) is 37.6 Å². The second-order valence-electron chi connectivity index (χ2n) is 8.02. The number of hydrogen-bond acceptors (Lipinski definition) is 7. The van der Waals surface area contributed by atoms with Gasteiger partial charge < -0.3 is 10.2 Å². The third kappa shape index (κ3) is 6.64. The SMILES string of the molecule is CC(C)NC(=O)CN1CCCN(c2ccc(S(=O)(=O)NC(C)C)cc2[N+](=O)[O-])CC1. The van der Waals surface area contributed by atoms with Gasteiger partial charge in [-0.15, -0.1) is 0 Å². The van der Waals surface area contributed by atoms with Crippen LogP contribution in [0.5, 0.6) is 0 Å². The van der Waals surface area contributed by atoms with Gasteiger partial charge >= 0.3 is 0 Å². The standard InChI is InChI=1S/C19H31N5O5S/c1-14(2)20-19(25)13-22-8-5-9-23(11-10-22)17-7-6-16(12-18(17)24(26)27)30(28,29)21-15(3)4/h6-7,12,14-15,21H,5,8-11,13H2,1-4H3,(H,20,25). The minimum Gasteiger partial charge on any atom is -0.365 e. The Morgan fingerprint density at radius 3 is 2.43 bits per heavy atom. The highest BCUT2D eigenvalue weighted by Gasteiger charge is 2.26. The van der Waals surface area contributed by atoms with Crippen molar-refractivity contribution in [3.63, 3.8) is 0 Å². The Labute approximate surface area is 177 Å². The van der Waals surface area contributed by atoms with E-state index in [-0.39, 0.29) is 35.1 Å². The van der Waals surface area contributed by atoms with Gasteiger partial charge in [-0.25, -0.2) is 13.1 Å². The molecule has 2 N–H and O–H groups in total. The van der Waals surface area contributed by atoms with E-state index in [1.807, 2.05) is 23.6 Å². The van der Waals surface area contributed by atoms with Crippen LogP contribution in [0.4, 0.5) is 11.4 Å². The molecule has 10 nitrogen and oxygen atoms in total. The number of carbonyl (C=O) groups is 1. The third-order valence-electron chi connectivity index (χ3n) is 4.59. The molecule has 0 unspecified atom stereocenters. The lowest BCUT2D eigenvalue weighted by Crippen LogP contribution is -2.41. The van der Waals surface area contributed by atoms with Crippen LogP contribution in [0.15, 0.2) is 23.1 Å². The molecule has 0 aromatic heterocycles. The van der Waals surface area contributed by atoms with Crippen LogP contribution in [-0.2, 0) is 14.8 Å². The van der Waals surface area contributed by atoms with E-state index in [1.165, 1.54) is 12.1 Å². The number of hydrogen-bond donors (Lipinski definition) is 2. The number of amides is 1. The lowest BCUT2D eigenvalue weighted by molar-refractivity contribution is -0.384. The Balaban J connectivity index is 2.19. The summed E-state index contributed by atoms with van der Waals surface area (Å²) in [5.41, 5.74) is 0.143. The van der Waals surface area contributed by atoms with Gasteiger partial charge in [0.2, 0.25) is 15.9 Å². The van der Waals surface area contributed by atoms with E-state index >= 15 is 0 Å². The maximum Gasteiger partial charge on any atom is 0.293 e. The van der Waals surface area contributed by atoms with Gasteiger partial charge in [0.1, 0.15) is 5.69 Å². The zero-order valence-electron chi connectivity index (χ0n) is 17.9.